The zero-order valence-corrected chi connectivity index (χ0v) is 17.0. The Bertz CT molecular complexity index is 944. The van der Waals surface area contributed by atoms with Gasteiger partial charge in [0, 0.05) is 6.42 Å². The standard InChI is InChI=1S/C23H26N2O4/c1-23(2,3)29-17-13-19(21-24-18-11-7-8-12-20(18)28-21)25(14-17)22(26)27-15-16-9-5-4-6-10-16/h4-12,17,19H,13-15H2,1-3H3/t17-,19+/m1/s1. The molecular weight excluding hydrogens is 368 g/mol. The van der Waals surface area contributed by atoms with Gasteiger partial charge in [0.15, 0.2) is 5.58 Å². The van der Waals surface area contributed by atoms with Crippen molar-refractivity contribution in [3.63, 3.8) is 0 Å². The van der Waals surface area contributed by atoms with E-state index in [0.29, 0.717) is 24.4 Å². The van der Waals surface area contributed by atoms with Crippen LogP contribution in [-0.4, -0.2) is 34.2 Å². The van der Waals surface area contributed by atoms with E-state index in [1.807, 2.05) is 75.4 Å². The molecule has 6 nitrogen and oxygen atoms in total. The molecule has 4 rings (SSSR count). The van der Waals surface area contributed by atoms with E-state index in [9.17, 15) is 4.79 Å². The highest BCUT2D eigenvalue weighted by Gasteiger charge is 2.41. The maximum atomic E-state index is 12.9. The van der Waals surface area contributed by atoms with Gasteiger partial charge in [-0.15, -0.1) is 0 Å². The predicted octanol–water partition coefficient (Wildman–Crippen LogP) is 5.10. The minimum atomic E-state index is -0.388. The smallest absolute Gasteiger partial charge is 0.410 e. The molecule has 0 radical (unpaired) electrons. The molecule has 1 aliphatic rings. The lowest BCUT2D eigenvalue weighted by Gasteiger charge is -2.24. The summed E-state index contributed by atoms with van der Waals surface area (Å²) in [6.07, 6.45) is 0.116. The summed E-state index contributed by atoms with van der Waals surface area (Å²) in [5.74, 6) is 0.517. The average Bonchev–Trinajstić information content (AvgIpc) is 3.29. The molecule has 0 bridgehead atoms. The van der Waals surface area contributed by atoms with Crippen LogP contribution in [0, 0.1) is 0 Å². The number of aromatic nitrogens is 1. The van der Waals surface area contributed by atoms with E-state index >= 15 is 0 Å². The van der Waals surface area contributed by atoms with Crippen LogP contribution in [-0.2, 0) is 16.1 Å². The van der Waals surface area contributed by atoms with Crippen molar-refractivity contribution in [2.24, 2.45) is 0 Å². The molecule has 2 heterocycles. The van der Waals surface area contributed by atoms with Gasteiger partial charge in [-0.25, -0.2) is 9.78 Å². The monoisotopic (exact) mass is 394 g/mol. The highest BCUT2D eigenvalue weighted by Crippen LogP contribution is 2.36. The maximum Gasteiger partial charge on any atom is 0.410 e. The van der Waals surface area contributed by atoms with Crippen LogP contribution in [0.25, 0.3) is 11.1 Å². The highest BCUT2D eigenvalue weighted by molar-refractivity contribution is 5.73. The Morgan fingerprint density at radius 2 is 1.86 bits per heavy atom. The lowest BCUT2D eigenvalue weighted by atomic mass is 10.1. The SMILES string of the molecule is CC(C)(C)O[C@@H]1C[C@@H](c2nc3ccccc3o2)N(C(=O)OCc2ccccc2)C1. The van der Waals surface area contributed by atoms with E-state index in [1.54, 1.807) is 4.90 Å². The molecule has 2 atom stereocenters. The Morgan fingerprint density at radius 1 is 1.14 bits per heavy atom. The summed E-state index contributed by atoms with van der Waals surface area (Å²) in [6, 6.07) is 16.9. The molecule has 1 amide bonds. The average molecular weight is 394 g/mol. The number of hydrogen-bond donors (Lipinski definition) is 0. The number of nitrogens with zero attached hydrogens (tertiary/aromatic N) is 2. The number of carbonyl (C=O) groups is 1. The first-order valence-electron chi connectivity index (χ1n) is 9.90. The van der Waals surface area contributed by atoms with Crippen LogP contribution in [0.4, 0.5) is 4.79 Å². The van der Waals surface area contributed by atoms with Crippen molar-refractivity contribution in [2.75, 3.05) is 6.54 Å². The van der Waals surface area contributed by atoms with E-state index in [-0.39, 0.29) is 30.4 Å². The largest absolute Gasteiger partial charge is 0.445 e. The lowest BCUT2D eigenvalue weighted by Crippen LogP contribution is -2.34. The molecular formula is C23H26N2O4. The Kier molecular flexibility index (Phi) is 5.28. The van der Waals surface area contributed by atoms with Gasteiger partial charge in [0.1, 0.15) is 18.2 Å². The van der Waals surface area contributed by atoms with E-state index < -0.39 is 0 Å². The third-order valence-electron chi connectivity index (χ3n) is 4.82. The van der Waals surface area contributed by atoms with Crippen LogP contribution in [0.5, 0.6) is 0 Å². The minimum Gasteiger partial charge on any atom is -0.445 e. The van der Waals surface area contributed by atoms with Crippen molar-refractivity contribution < 1.29 is 18.7 Å². The van der Waals surface area contributed by atoms with Crippen molar-refractivity contribution in [1.82, 2.24) is 9.88 Å². The fraction of sp³-hybridized carbons (Fsp3) is 0.391. The van der Waals surface area contributed by atoms with Crippen LogP contribution in [0.2, 0.25) is 0 Å². The summed E-state index contributed by atoms with van der Waals surface area (Å²) in [4.78, 5) is 19.2. The summed E-state index contributed by atoms with van der Waals surface area (Å²) >= 11 is 0. The van der Waals surface area contributed by atoms with Crippen molar-refractivity contribution in [1.29, 1.82) is 0 Å². The van der Waals surface area contributed by atoms with E-state index in [2.05, 4.69) is 4.98 Å². The van der Waals surface area contributed by atoms with Crippen molar-refractivity contribution in [3.05, 3.63) is 66.1 Å². The zero-order chi connectivity index (χ0) is 20.4. The topological polar surface area (TPSA) is 64.8 Å². The first-order valence-corrected chi connectivity index (χ1v) is 9.90. The molecule has 1 saturated heterocycles. The molecule has 0 N–H and O–H groups in total. The third kappa shape index (κ3) is 4.59. The zero-order valence-electron chi connectivity index (χ0n) is 17.0. The number of oxazole rings is 1. The molecule has 6 heteroatoms. The van der Waals surface area contributed by atoms with Gasteiger partial charge in [-0.2, -0.15) is 0 Å². The predicted molar refractivity (Wildman–Crippen MR) is 109 cm³/mol. The fourth-order valence-electron chi connectivity index (χ4n) is 3.65. The Balaban J connectivity index is 1.54. The second kappa shape index (κ2) is 7.87. The molecule has 0 aliphatic carbocycles. The van der Waals surface area contributed by atoms with Gasteiger partial charge in [-0.3, -0.25) is 4.90 Å². The summed E-state index contributed by atoms with van der Waals surface area (Å²) in [7, 11) is 0. The molecule has 1 aliphatic heterocycles. The number of benzene rings is 2. The van der Waals surface area contributed by atoms with Crippen LogP contribution >= 0.6 is 0 Å². The highest BCUT2D eigenvalue weighted by atomic mass is 16.6. The van der Waals surface area contributed by atoms with E-state index in [0.717, 1.165) is 11.1 Å². The number of amides is 1. The van der Waals surface area contributed by atoms with Crippen LogP contribution in [0.1, 0.15) is 44.7 Å². The van der Waals surface area contributed by atoms with E-state index in [1.165, 1.54) is 0 Å². The van der Waals surface area contributed by atoms with Crippen LogP contribution < -0.4 is 0 Å². The van der Waals surface area contributed by atoms with Gasteiger partial charge in [-0.1, -0.05) is 42.5 Å². The number of carbonyl (C=O) groups excluding carboxylic acids is 1. The molecule has 3 aromatic rings. The van der Waals surface area contributed by atoms with E-state index in [4.69, 9.17) is 13.9 Å². The third-order valence-corrected chi connectivity index (χ3v) is 4.82. The van der Waals surface area contributed by atoms with Gasteiger partial charge in [0.2, 0.25) is 5.89 Å². The molecule has 152 valence electrons. The van der Waals surface area contributed by atoms with Gasteiger partial charge in [-0.05, 0) is 38.5 Å². The van der Waals surface area contributed by atoms with Crippen molar-refractivity contribution in [3.8, 4) is 0 Å². The first-order chi connectivity index (χ1) is 13.9. The van der Waals surface area contributed by atoms with Crippen LogP contribution in [0.3, 0.4) is 0 Å². The fourth-order valence-corrected chi connectivity index (χ4v) is 3.65. The lowest BCUT2D eigenvalue weighted by molar-refractivity contribution is -0.0540. The minimum absolute atomic E-state index is 0.112. The number of rotatable bonds is 4. The van der Waals surface area contributed by atoms with Gasteiger partial charge < -0.3 is 13.9 Å². The molecule has 1 fully saturated rings. The van der Waals surface area contributed by atoms with Crippen molar-refractivity contribution in [2.45, 2.75) is 51.5 Å². The number of para-hydroxylation sites is 2. The summed E-state index contributed by atoms with van der Waals surface area (Å²) in [6.45, 7) is 6.70. The summed E-state index contributed by atoms with van der Waals surface area (Å²) in [5.41, 5.74) is 2.13. The number of hydrogen-bond acceptors (Lipinski definition) is 5. The molecule has 29 heavy (non-hydrogen) atoms. The van der Waals surface area contributed by atoms with Crippen LogP contribution in [0.15, 0.2) is 59.0 Å². The Morgan fingerprint density at radius 3 is 2.59 bits per heavy atom. The van der Waals surface area contributed by atoms with Crippen molar-refractivity contribution >= 4 is 17.2 Å². The molecule has 2 aromatic carbocycles. The first kappa shape index (κ1) is 19.5. The molecule has 1 aromatic heterocycles. The normalized spacial score (nSPS) is 19.6. The molecule has 0 spiro atoms. The molecule has 0 unspecified atom stereocenters. The Labute approximate surface area is 170 Å². The summed E-state index contributed by atoms with van der Waals surface area (Å²) < 4.78 is 17.7. The van der Waals surface area contributed by atoms with Gasteiger partial charge in [0.25, 0.3) is 0 Å². The molecule has 0 saturated carbocycles. The van der Waals surface area contributed by atoms with Gasteiger partial charge >= 0.3 is 6.09 Å². The number of fused-ring (bicyclic) bond motifs is 1. The second-order valence-corrected chi connectivity index (χ2v) is 8.32. The quantitative estimate of drug-likeness (QED) is 0.616. The van der Waals surface area contributed by atoms with Gasteiger partial charge in [0.05, 0.1) is 18.2 Å². The number of ether oxygens (including phenoxy) is 2. The maximum absolute atomic E-state index is 12.9. The second-order valence-electron chi connectivity index (χ2n) is 8.32. The Hall–Kier alpha value is -2.86. The summed E-state index contributed by atoms with van der Waals surface area (Å²) in [5, 5.41) is 0. The number of likely N-dealkylation sites (tertiary alicyclic amines) is 1.